The number of aromatic nitrogens is 5. The molecule has 0 aliphatic rings. The third-order valence-corrected chi connectivity index (χ3v) is 16.4. The van der Waals surface area contributed by atoms with E-state index in [1.807, 2.05) is 0 Å². The van der Waals surface area contributed by atoms with Crippen LogP contribution in [0.4, 0.5) is 0 Å². The first-order valence-electron chi connectivity index (χ1n) is 25.1. The maximum absolute atomic E-state index is 5.70. The summed E-state index contributed by atoms with van der Waals surface area (Å²) < 4.78 is 8.15. The van der Waals surface area contributed by atoms with Crippen LogP contribution >= 0.6 is 11.3 Å². The van der Waals surface area contributed by atoms with Crippen LogP contribution in [-0.4, -0.2) is 23.7 Å². The number of hydrogen-bond donors (Lipinski definition) is 0. The number of hydrogen-bond acceptors (Lipinski definition) is 3. The maximum atomic E-state index is 5.70. The molecule has 5 nitrogen and oxygen atoms in total. The van der Waals surface area contributed by atoms with E-state index < -0.39 is 0 Å². The van der Waals surface area contributed by atoms with Gasteiger partial charge in [-0.05, 0) is 123 Å². The van der Waals surface area contributed by atoms with Crippen LogP contribution in [0.1, 0.15) is 0 Å². The Morgan fingerprint density at radius 3 is 1.62 bits per heavy atom. The highest BCUT2D eigenvalue weighted by atomic mass is 32.1. The molecular weight excluding hydrogens is 919 g/mol. The van der Waals surface area contributed by atoms with E-state index in [-0.39, 0.29) is 0 Å². The van der Waals surface area contributed by atoms with Crippen molar-refractivity contribution in [2.45, 2.75) is 0 Å². The summed E-state index contributed by atoms with van der Waals surface area (Å²) in [6, 6.07) is 90.4. The summed E-state index contributed by atoms with van der Waals surface area (Å²) in [7, 11) is 0. The van der Waals surface area contributed by atoms with Gasteiger partial charge in [0.25, 0.3) is 0 Å². The molecule has 5 heterocycles. The SMILES string of the molecule is c1ccc(-c2cc3nc(-n4c5ccc(-c6ccc7c8c9ccccc9ccc8n(-c8ccccc8)c7c6)cc5c5cc6ccccc6cc54)nc(-c4ccc5c(c4)c4ccccc4n5-c4ccccc4)c3s2)cc1. The fourth-order valence-corrected chi connectivity index (χ4v) is 13.0. The van der Waals surface area contributed by atoms with Crippen molar-refractivity contribution < 1.29 is 0 Å². The molecule has 0 spiro atoms. The molecule has 0 N–H and O–H groups in total. The molecular formula is C68H41N5S. The lowest BCUT2D eigenvalue weighted by Gasteiger charge is -2.11. The topological polar surface area (TPSA) is 40.6 Å². The van der Waals surface area contributed by atoms with Crippen LogP contribution in [0.5, 0.6) is 0 Å². The molecule has 0 bridgehead atoms. The van der Waals surface area contributed by atoms with Crippen LogP contribution < -0.4 is 0 Å². The fourth-order valence-electron chi connectivity index (χ4n) is 11.9. The van der Waals surface area contributed by atoms with Crippen LogP contribution in [0.3, 0.4) is 0 Å². The first kappa shape index (κ1) is 41.0. The average molecular weight is 960 g/mol. The van der Waals surface area contributed by atoms with Gasteiger partial charge in [0.2, 0.25) is 5.95 Å². The summed E-state index contributed by atoms with van der Waals surface area (Å²) in [6.07, 6.45) is 0. The third kappa shape index (κ3) is 6.16. The number of thiophene rings is 1. The summed E-state index contributed by atoms with van der Waals surface area (Å²) in [5.74, 6) is 0.640. The molecule has 0 amide bonds. The van der Waals surface area contributed by atoms with Gasteiger partial charge in [0.15, 0.2) is 0 Å². The van der Waals surface area contributed by atoms with Crippen LogP contribution in [0.15, 0.2) is 249 Å². The molecule has 5 aromatic heterocycles. The molecule has 11 aromatic carbocycles. The van der Waals surface area contributed by atoms with Crippen molar-refractivity contribution in [2.75, 3.05) is 0 Å². The number of fused-ring (bicyclic) bond motifs is 13. The zero-order valence-electron chi connectivity index (χ0n) is 39.8. The summed E-state index contributed by atoms with van der Waals surface area (Å²) in [6.45, 7) is 0. The highest BCUT2D eigenvalue weighted by molar-refractivity contribution is 7.22. The second kappa shape index (κ2) is 15.9. The van der Waals surface area contributed by atoms with E-state index in [2.05, 4.69) is 262 Å². The minimum atomic E-state index is 0.640. The predicted octanol–water partition coefficient (Wildman–Crippen LogP) is 18.3. The van der Waals surface area contributed by atoms with Gasteiger partial charge < -0.3 is 9.13 Å². The van der Waals surface area contributed by atoms with Crippen LogP contribution in [0.2, 0.25) is 0 Å². The molecule has 0 saturated carbocycles. The van der Waals surface area contributed by atoms with E-state index in [0.29, 0.717) is 5.95 Å². The zero-order valence-corrected chi connectivity index (χ0v) is 40.6. The Balaban J connectivity index is 0.933. The van der Waals surface area contributed by atoms with E-state index in [9.17, 15) is 0 Å². The van der Waals surface area contributed by atoms with Crippen molar-refractivity contribution >= 4 is 109 Å². The normalized spacial score (nSPS) is 12.1. The van der Waals surface area contributed by atoms with Gasteiger partial charge in [-0.25, -0.2) is 9.97 Å². The second-order valence-corrected chi connectivity index (χ2v) is 20.4. The first-order chi connectivity index (χ1) is 36.7. The van der Waals surface area contributed by atoms with Gasteiger partial charge in [0.1, 0.15) is 0 Å². The fraction of sp³-hybridized carbons (Fsp3) is 0. The Morgan fingerprint density at radius 2 is 0.838 bits per heavy atom. The molecule has 344 valence electrons. The summed E-state index contributed by atoms with van der Waals surface area (Å²) in [4.78, 5) is 12.4. The van der Waals surface area contributed by atoms with E-state index in [4.69, 9.17) is 9.97 Å². The lowest BCUT2D eigenvalue weighted by atomic mass is 9.99. The van der Waals surface area contributed by atoms with Gasteiger partial charge >= 0.3 is 0 Å². The summed E-state index contributed by atoms with van der Waals surface area (Å²) in [5.41, 5.74) is 15.4. The van der Waals surface area contributed by atoms with Gasteiger partial charge in [-0.1, -0.05) is 164 Å². The Kier molecular flexibility index (Phi) is 8.84. The lowest BCUT2D eigenvalue weighted by Crippen LogP contribution is -2.02. The molecule has 0 aliphatic carbocycles. The van der Waals surface area contributed by atoms with Crippen molar-refractivity contribution in [1.82, 2.24) is 23.7 Å². The van der Waals surface area contributed by atoms with Crippen molar-refractivity contribution in [3.05, 3.63) is 249 Å². The number of nitrogens with zero attached hydrogens (tertiary/aromatic N) is 5. The van der Waals surface area contributed by atoms with Gasteiger partial charge in [-0.3, -0.25) is 4.57 Å². The van der Waals surface area contributed by atoms with E-state index >= 15 is 0 Å². The minimum absolute atomic E-state index is 0.640. The van der Waals surface area contributed by atoms with Crippen molar-refractivity contribution in [3.63, 3.8) is 0 Å². The molecule has 16 aromatic rings. The molecule has 0 atom stereocenters. The summed E-state index contributed by atoms with van der Waals surface area (Å²) >= 11 is 1.76. The monoisotopic (exact) mass is 959 g/mol. The highest BCUT2D eigenvalue weighted by Gasteiger charge is 2.23. The smallest absolute Gasteiger partial charge is 0.235 e. The average Bonchev–Trinajstić information content (AvgIpc) is 4.24. The zero-order chi connectivity index (χ0) is 48.4. The maximum Gasteiger partial charge on any atom is 0.235 e. The van der Waals surface area contributed by atoms with Crippen LogP contribution in [-0.2, 0) is 0 Å². The minimum Gasteiger partial charge on any atom is -0.309 e. The van der Waals surface area contributed by atoms with E-state index in [1.54, 1.807) is 11.3 Å². The van der Waals surface area contributed by atoms with Crippen LogP contribution in [0.25, 0.3) is 147 Å². The largest absolute Gasteiger partial charge is 0.309 e. The molecule has 0 saturated heterocycles. The molecule has 0 fully saturated rings. The van der Waals surface area contributed by atoms with Gasteiger partial charge in [-0.15, -0.1) is 11.3 Å². The Labute approximate surface area is 428 Å². The number of rotatable bonds is 6. The van der Waals surface area contributed by atoms with Crippen molar-refractivity contribution in [1.29, 1.82) is 0 Å². The quantitative estimate of drug-likeness (QED) is 0.167. The van der Waals surface area contributed by atoms with Gasteiger partial charge in [0.05, 0.1) is 49.0 Å². The molecule has 74 heavy (non-hydrogen) atoms. The van der Waals surface area contributed by atoms with Gasteiger partial charge in [0, 0.05) is 54.1 Å². The van der Waals surface area contributed by atoms with E-state index in [0.717, 1.165) is 81.7 Å². The standard InChI is InChI=1S/C68H41N5S/c1-4-17-43(18-5-1)64-41-57-67(74-64)66(48-31-34-59-54(38-48)52-26-14-15-27-58(52)71(59)49-21-6-2-7-22-49)70-68(69-57)73-60-33-30-46(37-55(60)56-36-44-19-10-11-20-45(44)39-63(56)73)47-28-32-53-62(40-47)72(50-23-8-3-9-24-50)61-35-29-42-16-12-13-25-51(42)65(53)61/h1-41H. The molecule has 0 aliphatic heterocycles. The van der Waals surface area contributed by atoms with Crippen molar-refractivity contribution in [3.8, 4) is 50.1 Å². The molecule has 16 rings (SSSR count). The Hall–Kier alpha value is -9.62. The third-order valence-electron chi connectivity index (χ3n) is 15.2. The highest BCUT2D eigenvalue weighted by Crippen LogP contribution is 2.44. The number of para-hydroxylation sites is 3. The molecule has 0 radical (unpaired) electrons. The second-order valence-electron chi connectivity index (χ2n) is 19.4. The predicted molar refractivity (Wildman–Crippen MR) is 312 cm³/mol. The number of benzene rings is 11. The summed E-state index contributed by atoms with van der Waals surface area (Å²) in [5, 5.41) is 12.1. The van der Waals surface area contributed by atoms with Crippen molar-refractivity contribution in [2.24, 2.45) is 0 Å². The lowest BCUT2D eigenvalue weighted by molar-refractivity contribution is 1.02. The molecule has 0 unspecified atom stereocenters. The first-order valence-corrected chi connectivity index (χ1v) is 26.0. The Morgan fingerprint density at radius 1 is 0.297 bits per heavy atom. The Bertz CT molecular complexity index is 4950. The molecule has 6 heteroatoms. The van der Waals surface area contributed by atoms with Gasteiger partial charge in [-0.2, -0.15) is 0 Å². The van der Waals surface area contributed by atoms with E-state index in [1.165, 1.54) is 59.6 Å². The van der Waals surface area contributed by atoms with Crippen LogP contribution in [0, 0.1) is 0 Å².